The van der Waals surface area contributed by atoms with Crippen molar-refractivity contribution in [3.05, 3.63) is 107 Å². The summed E-state index contributed by atoms with van der Waals surface area (Å²) in [7, 11) is -2.06. The Bertz CT molecular complexity index is 1650. The van der Waals surface area contributed by atoms with Crippen molar-refractivity contribution in [1.29, 1.82) is 0 Å². The standard InChI is InChI=1S/C30H24F7N3O4S/c31-21-8-11-23(12-9-21)45(42)40-22(10-6-19-14-20(7-13-24(19)40)28(29(32,33)34)30(35,36)37)15-25-38-39-26(44-25)16-27(41)43-17-18-4-2-1-3-5-18/h1-5,7-9,11-14,22,28H,6,10,15-17H2/t22-,45?/m0/s1. The second-order valence-electron chi connectivity index (χ2n) is 10.2. The predicted octanol–water partition coefficient (Wildman–Crippen LogP) is 6.79. The molecule has 1 aliphatic rings. The van der Waals surface area contributed by atoms with Crippen LogP contribution in [0.2, 0.25) is 0 Å². The van der Waals surface area contributed by atoms with Gasteiger partial charge in [-0.25, -0.2) is 8.60 Å². The Balaban J connectivity index is 1.39. The molecule has 2 heterocycles. The highest BCUT2D eigenvalue weighted by Gasteiger charge is 2.57. The Labute approximate surface area is 254 Å². The Kier molecular flexibility index (Phi) is 9.28. The van der Waals surface area contributed by atoms with Crippen LogP contribution in [0.4, 0.5) is 36.4 Å². The molecule has 1 unspecified atom stereocenters. The molecule has 0 amide bonds. The molecule has 0 radical (unpaired) electrons. The molecule has 0 N–H and O–H groups in total. The topological polar surface area (TPSA) is 85.5 Å². The Hall–Kier alpha value is -4.27. The number of hydrogen-bond donors (Lipinski definition) is 0. The third-order valence-electron chi connectivity index (χ3n) is 7.06. The largest absolute Gasteiger partial charge is 0.460 e. The molecule has 0 fully saturated rings. The molecule has 0 bridgehead atoms. The van der Waals surface area contributed by atoms with E-state index in [4.69, 9.17) is 9.15 Å². The lowest BCUT2D eigenvalue weighted by Crippen LogP contribution is -2.42. The highest BCUT2D eigenvalue weighted by atomic mass is 32.2. The summed E-state index contributed by atoms with van der Waals surface area (Å²) in [5.74, 6) is -4.89. The molecular weight excluding hydrogens is 631 g/mol. The van der Waals surface area contributed by atoms with Crippen LogP contribution in [0, 0.1) is 5.82 Å². The summed E-state index contributed by atoms with van der Waals surface area (Å²) in [5.41, 5.74) is 0.0684. The molecule has 1 aliphatic heterocycles. The van der Waals surface area contributed by atoms with Crippen LogP contribution in [0.1, 0.15) is 40.8 Å². The fraction of sp³-hybridized carbons (Fsp3) is 0.300. The molecule has 5 rings (SSSR count). The normalized spacial score (nSPS) is 16.0. The van der Waals surface area contributed by atoms with E-state index in [1.807, 2.05) is 6.07 Å². The number of halogens is 7. The summed E-state index contributed by atoms with van der Waals surface area (Å²) >= 11 is 0. The van der Waals surface area contributed by atoms with Crippen LogP contribution in [0.5, 0.6) is 0 Å². The minimum Gasteiger partial charge on any atom is -0.460 e. The fourth-order valence-corrected chi connectivity index (χ4v) is 6.43. The number of esters is 1. The Morgan fingerprint density at radius 1 is 0.956 bits per heavy atom. The lowest BCUT2D eigenvalue weighted by molar-refractivity contribution is -0.253. The van der Waals surface area contributed by atoms with E-state index in [1.165, 1.54) is 16.4 Å². The van der Waals surface area contributed by atoms with Crippen LogP contribution < -0.4 is 4.31 Å². The van der Waals surface area contributed by atoms with Gasteiger partial charge in [-0.2, -0.15) is 26.3 Å². The molecule has 238 valence electrons. The maximum Gasteiger partial charge on any atom is 0.404 e. The van der Waals surface area contributed by atoms with Crippen molar-refractivity contribution >= 4 is 22.6 Å². The van der Waals surface area contributed by atoms with E-state index < -0.39 is 52.6 Å². The van der Waals surface area contributed by atoms with Crippen LogP contribution in [0.25, 0.3) is 0 Å². The van der Waals surface area contributed by atoms with Gasteiger partial charge in [0.2, 0.25) is 11.8 Å². The van der Waals surface area contributed by atoms with Crippen molar-refractivity contribution in [2.45, 2.75) is 61.5 Å². The maximum atomic E-state index is 13.8. The first-order chi connectivity index (χ1) is 21.3. The summed E-state index contributed by atoms with van der Waals surface area (Å²) in [6.45, 7) is 0.0424. The van der Waals surface area contributed by atoms with Gasteiger partial charge in [0.25, 0.3) is 0 Å². The number of aromatic nitrogens is 2. The number of rotatable bonds is 9. The number of aryl methyl sites for hydroxylation is 1. The Morgan fingerprint density at radius 2 is 1.62 bits per heavy atom. The number of hydrogen-bond acceptors (Lipinski definition) is 6. The van der Waals surface area contributed by atoms with E-state index in [1.54, 1.807) is 24.3 Å². The summed E-state index contributed by atoms with van der Waals surface area (Å²) in [4.78, 5) is 12.4. The van der Waals surface area contributed by atoms with E-state index in [2.05, 4.69) is 10.2 Å². The molecule has 0 saturated heterocycles. The van der Waals surface area contributed by atoms with Crippen molar-refractivity contribution < 1.29 is 48.9 Å². The SMILES string of the molecule is O=C(Cc1nnc(C[C@@H]2CCc3cc(C(C(F)(F)F)C(F)(F)F)ccc3N2S(=O)c2ccc(F)cc2)o1)OCc1ccccc1. The van der Waals surface area contributed by atoms with Gasteiger partial charge in [-0.15, -0.1) is 10.2 Å². The first kappa shape index (κ1) is 32.1. The van der Waals surface area contributed by atoms with Crippen molar-refractivity contribution in [2.24, 2.45) is 0 Å². The number of anilines is 1. The number of benzene rings is 3. The van der Waals surface area contributed by atoms with E-state index in [-0.39, 0.29) is 60.2 Å². The molecule has 45 heavy (non-hydrogen) atoms. The van der Waals surface area contributed by atoms with Gasteiger partial charge in [0, 0.05) is 6.42 Å². The van der Waals surface area contributed by atoms with Crippen molar-refractivity contribution in [3.63, 3.8) is 0 Å². The second kappa shape index (κ2) is 13.0. The van der Waals surface area contributed by atoms with Crippen molar-refractivity contribution in [2.75, 3.05) is 4.31 Å². The van der Waals surface area contributed by atoms with Crippen LogP contribution in [0.3, 0.4) is 0 Å². The van der Waals surface area contributed by atoms with Crippen molar-refractivity contribution in [3.8, 4) is 0 Å². The highest BCUT2D eigenvalue weighted by Crippen LogP contribution is 2.48. The van der Waals surface area contributed by atoms with Crippen LogP contribution in [-0.2, 0) is 46.4 Å². The number of ether oxygens (including phenoxy) is 1. The summed E-state index contributed by atoms with van der Waals surface area (Å²) in [5, 5.41) is 7.83. The zero-order chi connectivity index (χ0) is 32.4. The van der Waals surface area contributed by atoms with Gasteiger partial charge in [-0.3, -0.25) is 9.10 Å². The smallest absolute Gasteiger partial charge is 0.404 e. The van der Waals surface area contributed by atoms with E-state index >= 15 is 0 Å². The predicted molar refractivity (Wildman–Crippen MR) is 147 cm³/mol. The molecule has 2 atom stereocenters. The molecule has 15 heteroatoms. The van der Waals surface area contributed by atoms with Crippen LogP contribution in [-0.4, -0.2) is 38.8 Å². The molecule has 1 aromatic heterocycles. The third-order valence-corrected chi connectivity index (χ3v) is 8.59. The van der Waals surface area contributed by atoms with Gasteiger partial charge >= 0.3 is 18.3 Å². The Morgan fingerprint density at radius 3 is 2.29 bits per heavy atom. The summed E-state index contributed by atoms with van der Waals surface area (Å²) in [6, 6.07) is 15.6. The van der Waals surface area contributed by atoms with E-state index in [9.17, 15) is 39.7 Å². The molecule has 7 nitrogen and oxygen atoms in total. The van der Waals surface area contributed by atoms with Gasteiger partial charge in [-0.1, -0.05) is 42.5 Å². The van der Waals surface area contributed by atoms with Gasteiger partial charge in [0.15, 0.2) is 16.9 Å². The monoisotopic (exact) mass is 655 g/mol. The van der Waals surface area contributed by atoms with Gasteiger partial charge in [0.1, 0.15) is 18.8 Å². The molecular formula is C30H24F7N3O4S. The minimum absolute atomic E-state index is 0.0199. The van der Waals surface area contributed by atoms with Crippen molar-refractivity contribution in [1.82, 2.24) is 10.2 Å². The third kappa shape index (κ3) is 7.70. The quantitative estimate of drug-likeness (QED) is 0.146. The number of carbonyl (C=O) groups excluding carboxylic acids is 1. The first-order valence-electron chi connectivity index (χ1n) is 13.5. The number of nitrogens with zero attached hydrogens (tertiary/aromatic N) is 3. The lowest BCUT2D eigenvalue weighted by atomic mass is 9.90. The second-order valence-corrected chi connectivity index (χ2v) is 11.6. The lowest BCUT2D eigenvalue weighted by Gasteiger charge is -2.37. The number of carbonyl (C=O) groups is 1. The first-order valence-corrected chi connectivity index (χ1v) is 14.6. The van der Waals surface area contributed by atoms with E-state index in [0.717, 1.165) is 29.8 Å². The zero-order valence-corrected chi connectivity index (χ0v) is 24.0. The molecule has 0 spiro atoms. The molecule has 3 aromatic carbocycles. The minimum atomic E-state index is -5.58. The summed E-state index contributed by atoms with van der Waals surface area (Å²) in [6.07, 6.45) is -11.3. The molecule has 0 aliphatic carbocycles. The van der Waals surface area contributed by atoms with Gasteiger partial charge in [0.05, 0.1) is 16.6 Å². The number of fused-ring (bicyclic) bond motifs is 1. The van der Waals surface area contributed by atoms with E-state index in [0.29, 0.717) is 6.07 Å². The molecule has 4 aromatic rings. The zero-order valence-electron chi connectivity index (χ0n) is 23.1. The highest BCUT2D eigenvalue weighted by molar-refractivity contribution is 7.86. The van der Waals surface area contributed by atoms with Crippen LogP contribution >= 0.6 is 0 Å². The number of alkyl halides is 6. The molecule has 0 saturated carbocycles. The average molecular weight is 656 g/mol. The average Bonchev–Trinajstić information content (AvgIpc) is 3.41. The van der Waals surface area contributed by atoms with Crippen LogP contribution in [0.15, 0.2) is 82.1 Å². The van der Waals surface area contributed by atoms with Gasteiger partial charge in [-0.05, 0) is 59.9 Å². The van der Waals surface area contributed by atoms with Gasteiger partial charge < -0.3 is 9.15 Å². The maximum absolute atomic E-state index is 13.8. The fourth-order valence-electron chi connectivity index (χ4n) is 5.03. The summed E-state index contributed by atoms with van der Waals surface area (Å²) < 4.78 is 120.